The number of hydrogen-bond acceptors (Lipinski definition) is 6. The van der Waals surface area contributed by atoms with E-state index >= 15 is 0 Å². The van der Waals surface area contributed by atoms with Gasteiger partial charge < -0.3 is 20.4 Å². The Morgan fingerprint density at radius 2 is 0.917 bits per heavy atom. The molecule has 0 saturated heterocycles. The monoisotopic (exact) mass is 610 g/mol. The van der Waals surface area contributed by atoms with E-state index < -0.39 is 0 Å². The van der Waals surface area contributed by atoms with Gasteiger partial charge in [0.2, 0.25) is 0 Å². The summed E-state index contributed by atoms with van der Waals surface area (Å²) >= 11 is 6.92. The molecule has 4 rings (SSSR count). The second kappa shape index (κ2) is 12.4. The molecule has 0 bridgehead atoms. The van der Waals surface area contributed by atoms with Gasteiger partial charge in [-0.2, -0.15) is 0 Å². The van der Waals surface area contributed by atoms with Crippen LogP contribution in [-0.4, -0.2) is 32.9 Å². The predicted octanol–water partition coefficient (Wildman–Crippen LogP) is 7.84. The summed E-state index contributed by atoms with van der Waals surface area (Å²) in [4.78, 5) is 8.59. The van der Waals surface area contributed by atoms with Crippen LogP contribution >= 0.6 is 31.9 Å². The predicted molar refractivity (Wildman–Crippen MR) is 152 cm³/mol. The summed E-state index contributed by atoms with van der Waals surface area (Å²) in [5.74, 6) is -0.625. The van der Waals surface area contributed by atoms with Crippen molar-refractivity contribution in [1.29, 1.82) is 0 Å². The van der Waals surface area contributed by atoms with Crippen molar-refractivity contribution in [1.82, 2.24) is 0 Å². The highest BCUT2D eigenvalue weighted by Crippen LogP contribution is 2.32. The smallest absolute Gasteiger partial charge is 0.166 e. The van der Waals surface area contributed by atoms with Gasteiger partial charge in [0.15, 0.2) is 23.0 Å². The number of phenolic OH excluding ortho intramolecular Hbond substituents is 4. The van der Waals surface area contributed by atoms with E-state index in [0.29, 0.717) is 11.1 Å². The van der Waals surface area contributed by atoms with Crippen LogP contribution in [0.3, 0.4) is 0 Å². The molecule has 0 heterocycles. The van der Waals surface area contributed by atoms with Gasteiger partial charge in [-0.15, -0.1) is 0 Å². The van der Waals surface area contributed by atoms with E-state index in [2.05, 4.69) is 41.8 Å². The number of phenols is 4. The lowest BCUT2D eigenvalue weighted by Crippen LogP contribution is -1.83. The van der Waals surface area contributed by atoms with Gasteiger partial charge >= 0.3 is 0 Å². The molecule has 0 atom stereocenters. The van der Waals surface area contributed by atoms with E-state index in [4.69, 9.17) is 0 Å². The lowest BCUT2D eigenvalue weighted by molar-refractivity contribution is 0.403. The molecule has 8 heteroatoms. The Kier molecular flexibility index (Phi) is 9.27. The Hall–Kier alpha value is -3.62. The number of aromatic hydroxyl groups is 4. The molecule has 0 aliphatic rings. The average Bonchev–Trinajstić information content (AvgIpc) is 2.86. The van der Waals surface area contributed by atoms with Crippen LogP contribution in [0, 0.1) is 13.8 Å². The Balaban J connectivity index is 0.000000201. The number of nitrogens with zero attached hydrogens (tertiary/aromatic N) is 2. The maximum Gasteiger partial charge on any atom is 0.166 e. The zero-order valence-electron chi connectivity index (χ0n) is 19.5. The zero-order chi connectivity index (χ0) is 26.2. The molecule has 4 aromatic rings. The van der Waals surface area contributed by atoms with Gasteiger partial charge in [-0.1, -0.05) is 36.4 Å². The van der Waals surface area contributed by atoms with E-state index in [1.165, 1.54) is 24.6 Å². The van der Waals surface area contributed by atoms with E-state index in [1.54, 1.807) is 24.3 Å². The summed E-state index contributed by atoms with van der Waals surface area (Å²) < 4.78 is 1.83. The fourth-order valence-corrected chi connectivity index (χ4v) is 3.78. The summed E-state index contributed by atoms with van der Waals surface area (Å²) in [6.07, 6.45) is 3.04. The number of aryl methyl sites for hydroxylation is 2. The Morgan fingerprint density at radius 1 is 0.556 bits per heavy atom. The molecule has 4 N–H and O–H groups in total. The summed E-state index contributed by atoms with van der Waals surface area (Å²) in [6.45, 7) is 3.96. The maximum atomic E-state index is 9.65. The highest BCUT2D eigenvalue weighted by Gasteiger charge is 2.05. The quantitative estimate of drug-likeness (QED) is 0.139. The van der Waals surface area contributed by atoms with Crippen LogP contribution in [0.5, 0.6) is 23.0 Å². The van der Waals surface area contributed by atoms with Crippen molar-refractivity contribution >= 4 is 55.7 Å². The van der Waals surface area contributed by atoms with Gasteiger partial charge in [0, 0.05) is 32.5 Å². The van der Waals surface area contributed by atoms with Crippen molar-refractivity contribution in [3.63, 3.8) is 0 Å². The lowest BCUT2D eigenvalue weighted by Gasteiger charge is -2.03. The van der Waals surface area contributed by atoms with Crippen LogP contribution in [0.15, 0.2) is 91.7 Å². The topological polar surface area (TPSA) is 106 Å². The molecule has 36 heavy (non-hydrogen) atoms. The third-order valence-electron chi connectivity index (χ3n) is 5.12. The van der Waals surface area contributed by atoms with Crippen molar-refractivity contribution in [2.24, 2.45) is 9.98 Å². The van der Waals surface area contributed by atoms with Gasteiger partial charge in [0.1, 0.15) is 0 Å². The minimum Gasteiger partial charge on any atom is -0.504 e. The fourth-order valence-electron chi connectivity index (χ4n) is 3.05. The number of benzene rings is 4. The molecular formula is C28H24Br2N2O4. The largest absolute Gasteiger partial charge is 0.504 e. The number of para-hydroxylation sites is 2. The molecule has 0 radical (unpaired) electrons. The SMILES string of the molecule is Cc1cccc(N=Cc2cccc(O)c2O)c1Br.Cc1cccc(N=Cc2cccc(O)c2O)c1Br. The number of halogens is 2. The normalized spacial score (nSPS) is 11.0. The molecule has 0 saturated carbocycles. The van der Waals surface area contributed by atoms with Gasteiger partial charge in [0.05, 0.1) is 11.4 Å². The second-order valence-corrected chi connectivity index (χ2v) is 9.35. The first-order chi connectivity index (χ1) is 17.2. The summed E-state index contributed by atoms with van der Waals surface area (Å²) in [5, 5.41) is 38.0. The molecule has 0 spiro atoms. The van der Waals surface area contributed by atoms with Gasteiger partial charge in [0.25, 0.3) is 0 Å². The third-order valence-corrected chi connectivity index (χ3v) is 7.18. The molecule has 4 aromatic carbocycles. The molecule has 0 amide bonds. The Labute approximate surface area is 226 Å². The molecule has 0 fully saturated rings. The first-order valence-electron chi connectivity index (χ1n) is 10.8. The first-order valence-corrected chi connectivity index (χ1v) is 12.4. The minimum atomic E-state index is -0.162. The van der Waals surface area contributed by atoms with Crippen LogP contribution in [0.2, 0.25) is 0 Å². The van der Waals surface area contributed by atoms with Gasteiger partial charge in [-0.3, -0.25) is 9.98 Å². The fraction of sp³-hybridized carbons (Fsp3) is 0.0714. The molecule has 0 unspecified atom stereocenters. The number of aliphatic imine (C=N–C) groups is 2. The summed E-state index contributed by atoms with van der Waals surface area (Å²) in [7, 11) is 0. The number of rotatable bonds is 4. The van der Waals surface area contributed by atoms with E-state index in [-0.39, 0.29) is 23.0 Å². The molecule has 0 aromatic heterocycles. The standard InChI is InChI=1S/2C14H12BrNO2/c2*1-9-4-2-6-11(13(9)15)16-8-10-5-3-7-12(17)14(10)18/h2*2-8,17-18H,1H3. The van der Waals surface area contributed by atoms with Crippen LogP contribution in [0.1, 0.15) is 22.3 Å². The minimum absolute atomic E-state index is 0.151. The van der Waals surface area contributed by atoms with Crippen molar-refractivity contribution < 1.29 is 20.4 Å². The average molecular weight is 612 g/mol. The van der Waals surface area contributed by atoms with E-state index in [1.807, 2.05) is 50.2 Å². The van der Waals surface area contributed by atoms with Crippen molar-refractivity contribution in [3.8, 4) is 23.0 Å². The van der Waals surface area contributed by atoms with E-state index in [9.17, 15) is 20.4 Å². The molecular weight excluding hydrogens is 588 g/mol. The van der Waals surface area contributed by atoms with Crippen LogP contribution in [-0.2, 0) is 0 Å². The summed E-state index contributed by atoms with van der Waals surface area (Å²) in [6, 6.07) is 21.0. The first kappa shape index (κ1) is 27.0. The van der Waals surface area contributed by atoms with Crippen molar-refractivity contribution in [2.45, 2.75) is 13.8 Å². The Morgan fingerprint density at radius 3 is 1.31 bits per heavy atom. The number of hydrogen-bond donors (Lipinski definition) is 4. The van der Waals surface area contributed by atoms with Crippen LogP contribution in [0.4, 0.5) is 11.4 Å². The van der Waals surface area contributed by atoms with Gasteiger partial charge in [-0.25, -0.2) is 0 Å². The Bertz CT molecular complexity index is 1220. The van der Waals surface area contributed by atoms with Crippen molar-refractivity contribution in [2.75, 3.05) is 0 Å². The highest BCUT2D eigenvalue weighted by molar-refractivity contribution is 9.11. The van der Waals surface area contributed by atoms with Crippen LogP contribution in [0.25, 0.3) is 0 Å². The molecule has 0 aliphatic heterocycles. The van der Waals surface area contributed by atoms with Crippen LogP contribution < -0.4 is 0 Å². The second-order valence-electron chi connectivity index (χ2n) is 7.76. The maximum absolute atomic E-state index is 9.65. The molecule has 6 nitrogen and oxygen atoms in total. The zero-order valence-corrected chi connectivity index (χ0v) is 22.7. The third kappa shape index (κ3) is 6.74. The molecule has 184 valence electrons. The lowest BCUT2D eigenvalue weighted by atomic mass is 10.2. The van der Waals surface area contributed by atoms with Gasteiger partial charge in [-0.05, 0) is 93.2 Å². The summed E-state index contributed by atoms with van der Waals surface area (Å²) in [5.41, 5.74) is 4.68. The highest BCUT2D eigenvalue weighted by atomic mass is 79.9. The van der Waals surface area contributed by atoms with Crippen molar-refractivity contribution in [3.05, 3.63) is 104 Å². The molecule has 0 aliphatic carbocycles. The van der Waals surface area contributed by atoms with E-state index in [0.717, 1.165) is 31.4 Å².